The summed E-state index contributed by atoms with van der Waals surface area (Å²) < 4.78 is 13.3. The van der Waals surface area contributed by atoms with Crippen LogP contribution in [-0.2, 0) is 4.79 Å². The molecule has 0 bridgehead atoms. The first-order chi connectivity index (χ1) is 10.3. The second-order valence-corrected chi connectivity index (χ2v) is 6.02. The SMILES string of the molecule is CC1(C(=O)O)CCCN1C(=O)c1[nH]c2ccc(F)cc2c1Cl. The molecule has 1 aromatic carbocycles. The predicted octanol–water partition coefficient (Wildman–Crippen LogP) is 3.04. The molecule has 0 radical (unpaired) electrons. The largest absolute Gasteiger partial charge is 0.480 e. The molecule has 1 aromatic heterocycles. The maximum Gasteiger partial charge on any atom is 0.329 e. The molecule has 22 heavy (non-hydrogen) atoms. The van der Waals surface area contributed by atoms with Gasteiger partial charge < -0.3 is 15.0 Å². The quantitative estimate of drug-likeness (QED) is 0.891. The fraction of sp³-hybridized carbons (Fsp3) is 0.333. The number of amides is 1. The Kier molecular flexibility index (Phi) is 3.36. The van der Waals surface area contributed by atoms with Gasteiger partial charge in [-0.15, -0.1) is 0 Å². The minimum absolute atomic E-state index is 0.0941. The van der Waals surface area contributed by atoms with Crippen molar-refractivity contribution in [3.63, 3.8) is 0 Å². The number of nitrogens with one attached hydrogen (secondary N) is 1. The van der Waals surface area contributed by atoms with Gasteiger partial charge in [-0.05, 0) is 38.0 Å². The van der Waals surface area contributed by atoms with Crippen LogP contribution in [-0.4, -0.2) is 39.0 Å². The Hall–Kier alpha value is -2.08. The highest BCUT2D eigenvalue weighted by Crippen LogP contribution is 2.34. The Morgan fingerprint density at radius 3 is 2.86 bits per heavy atom. The van der Waals surface area contributed by atoms with Crippen LogP contribution in [0.3, 0.4) is 0 Å². The number of carboxylic acid groups (broad SMARTS) is 1. The number of nitrogens with zero attached hydrogens (tertiary/aromatic N) is 1. The second kappa shape index (κ2) is 4.98. The number of halogens is 2. The zero-order valence-corrected chi connectivity index (χ0v) is 12.6. The van der Waals surface area contributed by atoms with Gasteiger partial charge in [0.25, 0.3) is 5.91 Å². The maximum absolute atomic E-state index is 13.3. The molecule has 0 spiro atoms. The monoisotopic (exact) mass is 324 g/mol. The molecular formula is C15H14ClFN2O3. The summed E-state index contributed by atoms with van der Waals surface area (Å²) in [5, 5.41) is 9.91. The third kappa shape index (κ3) is 2.06. The Balaban J connectivity index is 2.06. The molecule has 1 saturated heterocycles. The first-order valence-electron chi connectivity index (χ1n) is 6.86. The summed E-state index contributed by atoms with van der Waals surface area (Å²) in [5.41, 5.74) is -0.620. The van der Waals surface area contributed by atoms with Crippen molar-refractivity contribution in [1.82, 2.24) is 9.88 Å². The van der Waals surface area contributed by atoms with Crippen LogP contribution in [0.4, 0.5) is 4.39 Å². The third-order valence-electron chi connectivity index (χ3n) is 4.26. The number of carbonyl (C=O) groups excluding carboxylic acids is 1. The van der Waals surface area contributed by atoms with Crippen molar-refractivity contribution in [2.45, 2.75) is 25.3 Å². The minimum atomic E-state index is -1.25. The number of aromatic nitrogens is 1. The zero-order valence-electron chi connectivity index (χ0n) is 11.8. The molecule has 1 fully saturated rings. The van der Waals surface area contributed by atoms with Crippen LogP contribution < -0.4 is 0 Å². The van der Waals surface area contributed by atoms with E-state index in [1.165, 1.54) is 30.0 Å². The molecule has 2 N–H and O–H groups in total. The number of likely N-dealkylation sites (tertiary alicyclic amines) is 1. The molecular weight excluding hydrogens is 311 g/mol. The Morgan fingerprint density at radius 1 is 1.45 bits per heavy atom. The Bertz CT molecular complexity index is 788. The smallest absolute Gasteiger partial charge is 0.329 e. The zero-order chi connectivity index (χ0) is 16.1. The number of fused-ring (bicyclic) bond motifs is 1. The molecule has 1 aliphatic heterocycles. The van der Waals surface area contributed by atoms with Crippen LogP contribution in [0, 0.1) is 5.82 Å². The fourth-order valence-corrected chi connectivity index (χ4v) is 3.21. The van der Waals surface area contributed by atoms with Crippen LogP contribution in [0.25, 0.3) is 10.9 Å². The summed E-state index contributed by atoms with van der Waals surface area (Å²) >= 11 is 6.18. The highest BCUT2D eigenvalue weighted by Gasteiger charge is 2.46. The first-order valence-corrected chi connectivity index (χ1v) is 7.24. The normalized spacial score (nSPS) is 21.5. The lowest BCUT2D eigenvalue weighted by atomic mass is 9.99. The number of hydrogen-bond acceptors (Lipinski definition) is 2. The number of H-pyrrole nitrogens is 1. The van der Waals surface area contributed by atoms with Gasteiger partial charge in [0.2, 0.25) is 0 Å². The van der Waals surface area contributed by atoms with Crippen LogP contribution in [0.2, 0.25) is 5.02 Å². The summed E-state index contributed by atoms with van der Waals surface area (Å²) in [6.07, 6.45) is 1.00. The number of benzene rings is 1. The van der Waals surface area contributed by atoms with E-state index in [1.807, 2.05) is 0 Å². The van der Waals surface area contributed by atoms with Crippen molar-refractivity contribution >= 4 is 34.4 Å². The Labute approximate surface area is 130 Å². The van der Waals surface area contributed by atoms with Crippen LogP contribution >= 0.6 is 11.6 Å². The molecule has 1 aliphatic rings. The number of carbonyl (C=O) groups is 2. The van der Waals surface area contributed by atoms with Gasteiger partial charge in [-0.2, -0.15) is 0 Å². The van der Waals surface area contributed by atoms with E-state index in [0.29, 0.717) is 30.3 Å². The lowest BCUT2D eigenvalue weighted by Gasteiger charge is -2.30. The van der Waals surface area contributed by atoms with Crippen molar-refractivity contribution in [1.29, 1.82) is 0 Å². The van der Waals surface area contributed by atoms with Gasteiger partial charge in [0, 0.05) is 17.4 Å². The van der Waals surface area contributed by atoms with Gasteiger partial charge >= 0.3 is 5.97 Å². The topological polar surface area (TPSA) is 73.4 Å². The number of rotatable bonds is 2. The van der Waals surface area contributed by atoms with Crippen LogP contribution in [0.15, 0.2) is 18.2 Å². The fourth-order valence-electron chi connectivity index (χ4n) is 2.92. The van der Waals surface area contributed by atoms with Gasteiger partial charge in [-0.25, -0.2) is 9.18 Å². The summed E-state index contributed by atoms with van der Waals surface area (Å²) in [5.74, 6) is -1.98. The van der Waals surface area contributed by atoms with E-state index < -0.39 is 23.2 Å². The molecule has 0 saturated carbocycles. The van der Waals surface area contributed by atoms with Crippen molar-refractivity contribution in [3.8, 4) is 0 Å². The van der Waals surface area contributed by atoms with E-state index in [4.69, 9.17) is 11.6 Å². The molecule has 2 heterocycles. The summed E-state index contributed by atoms with van der Waals surface area (Å²) in [4.78, 5) is 28.3. The molecule has 116 valence electrons. The van der Waals surface area contributed by atoms with Crippen molar-refractivity contribution in [3.05, 3.63) is 34.7 Å². The third-order valence-corrected chi connectivity index (χ3v) is 4.65. The molecule has 1 unspecified atom stereocenters. The van der Waals surface area contributed by atoms with Crippen LogP contribution in [0.1, 0.15) is 30.3 Å². The van der Waals surface area contributed by atoms with Gasteiger partial charge in [0.15, 0.2) is 0 Å². The van der Waals surface area contributed by atoms with E-state index in [1.54, 1.807) is 0 Å². The standard InChI is InChI=1S/C15H14ClFN2O3/c1-15(14(21)22)5-2-6-19(15)13(20)12-11(16)9-7-8(17)3-4-10(9)18-12/h3-4,7,18H,2,5-6H2,1H3,(H,21,22). The van der Waals surface area contributed by atoms with Crippen molar-refractivity contribution < 1.29 is 19.1 Å². The highest BCUT2D eigenvalue weighted by atomic mass is 35.5. The number of hydrogen-bond donors (Lipinski definition) is 2. The van der Waals surface area contributed by atoms with Gasteiger partial charge in [0.1, 0.15) is 17.1 Å². The number of aromatic amines is 1. The van der Waals surface area contributed by atoms with E-state index in [0.717, 1.165) is 0 Å². The minimum Gasteiger partial charge on any atom is -0.480 e. The molecule has 2 aromatic rings. The Morgan fingerprint density at radius 2 is 2.18 bits per heavy atom. The van der Waals surface area contributed by atoms with E-state index >= 15 is 0 Å². The summed E-state index contributed by atoms with van der Waals surface area (Å²) in [7, 11) is 0. The lowest BCUT2D eigenvalue weighted by Crippen LogP contribution is -2.50. The lowest BCUT2D eigenvalue weighted by molar-refractivity contribution is -0.147. The summed E-state index contributed by atoms with van der Waals surface area (Å²) in [6.45, 7) is 1.87. The summed E-state index contributed by atoms with van der Waals surface area (Å²) in [6, 6.07) is 4.00. The molecule has 3 rings (SSSR count). The van der Waals surface area contributed by atoms with E-state index in [2.05, 4.69) is 4.98 Å². The van der Waals surface area contributed by atoms with Crippen molar-refractivity contribution in [2.24, 2.45) is 0 Å². The van der Waals surface area contributed by atoms with Crippen LogP contribution in [0.5, 0.6) is 0 Å². The highest BCUT2D eigenvalue weighted by molar-refractivity contribution is 6.38. The molecule has 1 amide bonds. The average molecular weight is 325 g/mol. The average Bonchev–Trinajstić information content (AvgIpc) is 3.01. The maximum atomic E-state index is 13.3. The molecule has 7 heteroatoms. The molecule has 0 aliphatic carbocycles. The number of carboxylic acids is 1. The van der Waals surface area contributed by atoms with Crippen molar-refractivity contribution in [2.75, 3.05) is 6.54 Å². The second-order valence-electron chi connectivity index (χ2n) is 5.64. The van der Waals surface area contributed by atoms with E-state index in [9.17, 15) is 19.1 Å². The molecule has 5 nitrogen and oxygen atoms in total. The van der Waals surface area contributed by atoms with Gasteiger partial charge in [-0.3, -0.25) is 4.79 Å². The predicted molar refractivity (Wildman–Crippen MR) is 79.6 cm³/mol. The molecule has 1 atom stereocenters. The van der Waals surface area contributed by atoms with Gasteiger partial charge in [-0.1, -0.05) is 11.6 Å². The van der Waals surface area contributed by atoms with E-state index in [-0.39, 0.29) is 10.7 Å². The van der Waals surface area contributed by atoms with Gasteiger partial charge in [0.05, 0.1) is 5.02 Å². The first kappa shape index (κ1) is 14.8. The number of aliphatic carboxylic acids is 1.